The largest absolute Gasteiger partial charge is 0.461 e. The Bertz CT molecular complexity index is 661. The maximum absolute atomic E-state index is 12.3. The monoisotopic (exact) mass is 260 g/mol. The number of carbonyl (C=O) groups excluding carboxylic acids is 1. The van der Waals surface area contributed by atoms with Gasteiger partial charge in [0.1, 0.15) is 0 Å². The maximum atomic E-state index is 12.3. The van der Waals surface area contributed by atoms with Crippen LogP contribution in [0.1, 0.15) is 30.8 Å². The highest BCUT2D eigenvalue weighted by Gasteiger charge is 2.17. The first-order valence-electron chi connectivity index (χ1n) is 6.35. The van der Waals surface area contributed by atoms with Crippen molar-refractivity contribution >= 4 is 17.0 Å². The van der Waals surface area contributed by atoms with Crippen LogP contribution >= 0.6 is 0 Å². The second-order valence-electron chi connectivity index (χ2n) is 4.13. The summed E-state index contributed by atoms with van der Waals surface area (Å²) in [5, 5.41) is 0. The van der Waals surface area contributed by atoms with Crippen molar-refractivity contribution in [2.24, 2.45) is 0 Å². The molecule has 0 atom stereocenters. The molecule has 0 saturated heterocycles. The molecule has 1 heterocycles. The number of benzene rings is 1. The lowest BCUT2D eigenvalue weighted by atomic mass is 10.2. The van der Waals surface area contributed by atoms with Crippen molar-refractivity contribution in [1.82, 2.24) is 9.55 Å². The van der Waals surface area contributed by atoms with Gasteiger partial charge in [-0.2, -0.15) is 0 Å². The van der Waals surface area contributed by atoms with Crippen molar-refractivity contribution in [2.75, 3.05) is 6.61 Å². The molecule has 0 radical (unpaired) electrons. The van der Waals surface area contributed by atoms with Crippen LogP contribution in [-0.4, -0.2) is 22.1 Å². The molecule has 19 heavy (non-hydrogen) atoms. The number of carbonyl (C=O) groups is 1. The summed E-state index contributed by atoms with van der Waals surface area (Å²) in [6.07, 6.45) is 0.802. The summed E-state index contributed by atoms with van der Waals surface area (Å²) in [6, 6.07) is 7.28. The highest BCUT2D eigenvalue weighted by Crippen LogP contribution is 2.10. The van der Waals surface area contributed by atoms with Gasteiger partial charge in [0.25, 0.3) is 5.56 Å². The maximum Gasteiger partial charge on any atom is 0.362 e. The summed E-state index contributed by atoms with van der Waals surface area (Å²) in [4.78, 5) is 28.2. The molecule has 0 N–H and O–H groups in total. The zero-order valence-corrected chi connectivity index (χ0v) is 11.0. The van der Waals surface area contributed by atoms with Gasteiger partial charge in [-0.1, -0.05) is 19.1 Å². The predicted molar refractivity (Wildman–Crippen MR) is 72.3 cm³/mol. The molecule has 1 aromatic carbocycles. The van der Waals surface area contributed by atoms with E-state index in [-0.39, 0.29) is 17.9 Å². The summed E-state index contributed by atoms with van der Waals surface area (Å²) in [6.45, 7) is 4.45. The number of aromatic nitrogens is 2. The van der Waals surface area contributed by atoms with Gasteiger partial charge in [0, 0.05) is 6.54 Å². The molecule has 0 aliphatic carbocycles. The second kappa shape index (κ2) is 5.65. The normalized spacial score (nSPS) is 10.6. The third kappa shape index (κ3) is 2.50. The minimum Gasteiger partial charge on any atom is -0.461 e. The van der Waals surface area contributed by atoms with Gasteiger partial charge in [0.15, 0.2) is 0 Å². The molecule has 0 amide bonds. The first-order valence-corrected chi connectivity index (χ1v) is 6.35. The van der Waals surface area contributed by atoms with Crippen LogP contribution in [-0.2, 0) is 11.3 Å². The van der Waals surface area contributed by atoms with E-state index in [9.17, 15) is 9.59 Å². The number of ether oxygens (including phenoxy) is 1. The van der Waals surface area contributed by atoms with Gasteiger partial charge in [0.2, 0.25) is 5.69 Å². The molecule has 0 aliphatic rings. The van der Waals surface area contributed by atoms with Crippen LogP contribution in [0, 0.1) is 0 Å². The van der Waals surface area contributed by atoms with Crippen LogP contribution in [0.3, 0.4) is 0 Å². The van der Waals surface area contributed by atoms with E-state index in [0.29, 0.717) is 12.1 Å². The Morgan fingerprint density at radius 2 is 2.05 bits per heavy atom. The van der Waals surface area contributed by atoms with Crippen molar-refractivity contribution in [3.63, 3.8) is 0 Å². The third-order valence-electron chi connectivity index (χ3n) is 2.77. The fraction of sp³-hybridized carbons (Fsp3) is 0.357. The summed E-state index contributed by atoms with van der Waals surface area (Å²) in [5.41, 5.74) is 0.828. The quantitative estimate of drug-likeness (QED) is 0.789. The average Bonchev–Trinajstić information content (AvgIpc) is 2.42. The van der Waals surface area contributed by atoms with Crippen LogP contribution < -0.4 is 5.56 Å². The molecule has 5 nitrogen and oxygen atoms in total. The van der Waals surface area contributed by atoms with Gasteiger partial charge in [-0.05, 0) is 25.5 Å². The van der Waals surface area contributed by atoms with Crippen molar-refractivity contribution in [1.29, 1.82) is 0 Å². The first-order chi connectivity index (χ1) is 9.19. The lowest BCUT2D eigenvalue weighted by Crippen LogP contribution is -2.29. The minimum atomic E-state index is -0.664. The van der Waals surface area contributed by atoms with Gasteiger partial charge in [-0.25, -0.2) is 9.78 Å². The van der Waals surface area contributed by atoms with Gasteiger partial charge in [-0.15, -0.1) is 0 Å². The summed E-state index contributed by atoms with van der Waals surface area (Å²) < 4.78 is 6.45. The third-order valence-corrected chi connectivity index (χ3v) is 2.77. The molecule has 0 fully saturated rings. The lowest BCUT2D eigenvalue weighted by Gasteiger charge is -2.10. The summed E-state index contributed by atoms with van der Waals surface area (Å²) >= 11 is 0. The SMILES string of the molecule is CCCn1c(=O)c(C(=O)OCC)nc2ccccc21. The highest BCUT2D eigenvalue weighted by atomic mass is 16.5. The van der Waals surface area contributed by atoms with Gasteiger partial charge in [0.05, 0.1) is 17.6 Å². The van der Waals surface area contributed by atoms with Crippen LogP contribution in [0.4, 0.5) is 0 Å². The first kappa shape index (κ1) is 13.3. The van der Waals surface area contributed by atoms with E-state index in [0.717, 1.165) is 11.9 Å². The topological polar surface area (TPSA) is 61.2 Å². The van der Waals surface area contributed by atoms with Crippen LogP contribution in [0.2, 0.25) is 0 Å². The van der Waals surface area contributed by atoms with E-state index in [2.05, 4.69) is 4.98 Å². The summed E-state index contributed by atoms with van der Waals surface area (Å²) in [7, 11) is 0. The zero-order valence-electron chi connectivity index (χ0n) is 11.0. The van der Waals surface area contributed by atoms with Crippen LogP contribution in [0.25, 0.3) is 11.0 Å². The Morgan fingerprint density at radius 3 is 2.74 bits per heavy atom. The Kier molecular flexibility index (Phi) is 3.94. The Labute approximate surface area is 110 Å². The number of hydrogen-bond acceptors (Lipinski definition) is 4. The summed E-state index contributed by atoms with van der Waals surface area (Å²) in [5.74, 6) is -0.664. The van der Waals surface area contributed by atoms with Crippen molar-refractivity contribution in [3.8, 4) is 0 Å². The molecule has 0 saturated carbocycles. The van der Waals surface area contributed by atoms with Crippen LogP contribution in [0.15, 0.2) is 29.1 Å². The molecular weight excluding hydrogens is 244 g/mol. The number of aryl methyl sites for hydroxylation is 1. The fourth-order valence-electron chi connectivity index (χ4n) is 1.97. The van der Waals surface area contributed by atoms with Gasteiger partial charge in [-0.3, -0.25) is 4.79 Å². The highest BCUT2D eigenvalue weighted by molar-refractivity contribution is 5.89. The Hall–Kier alpha value is -2.17. The molecule has 0 unspecified atom stereocenters. The molecule has 2 aromatic rings. The molecule has 2 rings (SSSR count). The van der Waals surface area contributed by atoms with Crippen molar-refractivity contribution < 1.29 is 9.53 Å². The van der Waals surface area contributed by atoms with E-state index in [1.54, 1.807) is 17.6 Å². The van der Waals surface area contributed by atoms with Gasteiger partial charge >= 0.3 is 5.97 Å². The minimum absolute atomic E-state index is 0.144. The average molecular weight is 260 g/mol. The molecule has 0 spiro atoms. The van der Waals surface area contributed by atoms with E-state index in [4.69, 9.17) is 4.74 Å². The molecule has 0 aliphatic heterocycles. The molecule has 5 heteroatoms. The second-order valence-corrected chi connectivity index (χ2v) is 4.13. The molecule has 0 bridgehead atoms. The van der Waals surface area contributed by atoms with Gasteiger partial charge < -0.3 is 9.30 Å². The lowest BCUT2D eigenvalue weighted by molar-refractivity contribution is 0.0517. The number of hydrogen-bond donors (Lipinski definition) is 0. The smallest absolute Gasteiger partial charge is 0.362 e. The van der Waals surface area contributed by atoms with Crippen LogP contribution in [0.5, 0.6) is 0 Å². The molecule has 100 valence electrons. The Morgan fingerprint density at radius 1 is 1.32 bits per heavy atom. The number of nitrogens with zero attached hydrogens (tertiary/aromatic N) is 2. The van der Waals surface area contributed by atoms with Crippen molar-refractivity contribution in [3.05, 3.63) is 40.3 Å². The van der Waals surface area contributed by atoms with E-state index in [1.165, 1.54) is 0 Å². The fourth-order valence-corrected chi connectivity index (χ4v) is 1.97. The number of rotatable bonds is 4. The molecule has 1 aromatic heterocycles. The predicted octanol–water partition coefficient (Wildman–Crippen LogP) is 1.98. The number of fused-ring (bicyclic) bond motifs is 1. The van der Waals surface area contributed by atoms with Crippen molar-refractivity contribution in [2.45, 2.75) is 26.8 Å². The number of esters is 1. The van der Waals surface area contributed by atoms with E-state index < -0.39 is 5.97 Å². The number of para-hydroxylation sites is 2. The standard InChI is InChI=1S/C14H16N2O3/c1-3-9-16-11-8-6-5-7-10(11)15-12(13(16)17)14(18)19-4-2/h5-8H,3-4,9H2,1-2H3. The molecular formula is C14H16N2O3. The zero-order chi connectivity index (χ0) is 13.8. The van der Waals surface area contributed by atoms with E-state index >= 15 is 0 Å². The Balaban J connectivity index is 2.70. The van der Waals surface area contributed by atoms with E-state index in [1.807, 2.05) is 25.1 Å².